The Morgan fingerprint density at radius 3 is 2.30 bits per heavy atom. The van der Waals surface area contributed by atoms with Gasteiger partial charge in [0, 0.05) is 6.04 Å². The fourth-order valence-corrected chi connectivity index (χ4v) is 2.94. The highest BCUT2D eigenvalue weighted by molar-refractivity contribution is 7.15. The SMILES string of the molecule is Cc1nnc(NC(=O)C(=O)NC2CCCCCCC2)s1. The number of anilines is 1. The summed E-state index contributed by atoms with van der Waals surface area (Å²) in [4.78, 5) is 23.6. The quantitative estimate of drug-likeness (QED) is 0.818. The van der Waals surface area contributed by atoms with E-state index < -0.39 is 11.8 Å². The summed E-state index contributed by atoms with van der Waals surface area (Å²) in [5.41, 5.74) is 0. The van der Waals surface area contributed by atoms with Gasteiger partial charge in [0.1, 0.15) is 5.01 Å². The topological polar surface area (TPSA) is 84.0 Å². The van der Waals surface area contributed by atoms with Crippen molar-refractivity contribution in [3.8, 4) is 0 Å². The molecule has 20 heavy (non-hydrogen) atoms. The zero-order chi connectivity index (χ0) is 14.4. The second-order valence-corrected chi connectivity index (χ2v) is 6.28. The minimum Gasteiger partial charge on any atom is -0.345 e. The number of nitrogens with one attached hydrogen (secondary N) is 2. The van der Waals surface area contributed by atoms with Crippen LogP contribution in [0, 0.1) is 6.92 Å². The molecule has 1 saturated carbocycles. The number of amides is 2. The molecule has 110 valence electrons. The van der Waals surface area contributed by atoms with Crippen molar-refractivity contribution in [2.24, 2.45) is 0 Å². The minimum atomic E-state index is -0.664. The van der Waals surface area contributed by atoms with Crippen LogP contribution in [0.2, 0.25) is 0 Å². The zero-order valence-electron chi connectivity index (χ0n) is 11.6. The van der Waals surface area contributed by atoms with Crippen molar-refractivity contribution in [1.82, 2.24) is 15.5 Å². The summed E-state index contributed by atoms with van der Waals surface area (Å²) in [7, 11) is 0. The summed E-state index contributed by atoms with van der Waals surface area (Å²) >= 11 is 1.25. The molecule has 1 aromatic rings. The second-order valence-electron chi connectivity index (χ2n) is 5.10. The number of hydrogen-bond acceptors (Lipinski definition) is 5. The first-order chi connectivity index (χ1) is 9.65. The average Bonchev–Trinajstić information content (AvgIpc) is 2.77. The van der Waals surface area contributed by atoms with E-state index in [0.717, 1.165) is 30.7 Å². The maximum absolute atomic E-state index is 11.9. The van der Waals surface area contributed by atoms with Crippen LogP contribution < -0.4 is 10.6 Å². The smallest absolute Gasteiger partial charge is 0.315 e. The second kappa shape index (κ2) is 7.33. The fraction of sp³-hybridized carbons (Fsp3) is 0.692. The standard InChI is InChI=1S/C13H20N4O2S/c1-9-16-17-13(20-9)15-12(19)11(18)14-10-7-5-3-2-4-6-8-10/h10H,2-8H2,1H3,(H,14,18)(H,15,17,19). The Balaban J connectivity index is 1.82. The van der Waals surface area contributed by atoms with Gasteiger partial charge in [0.05, 0.1) is 0 Å². The molecule has 0 radical (unpaired) electrons. The van der Waals surface area contributed by atoms with E-state index in [1.54, 1.807) is 6.92 Å². The maximum Gasteiger partial charge on any atom is 0.315 e. The van der Waals surface area contributed by atoms with Gasteiger partial charge in [-0.15, -0.1) is 10.2 Å². The number of carbonyl (C=O) groups is 2. The van der Waals surface area contributed by atoms with Crippen molar-refractivity contribution in [2.45, 2.75) is 57.9 Å². The van der Waals surface area contributed by atoms with E-state index >= 15 is 0 Å². The molecule has 1 heterocycles. The number of nitrogens with zero attached hydrogens (tertiary/aromatic N) is 2. The van der Waals surface area contributed by atoms with Crippen LogP contribution in [0.1, 0.15) is 50.0 Å². The summed E-state index contributed by atoms with van der Waals surface area (Å²) in [5.74, 6) is -1.24. The lowest BCUT2D eigenvalue weighted by atomic mass is 9.97. The molecule has 7 heteroatoms. The van der Waals surface area contributed by atoms with Gasteiger partial charge in [-0.1, -0.05) is 43.4 Å². The molecule has 2 amide bonds. The van der Waals surface area contributed by atoms with Gasteiger partial charge in [-0.05, 0) is 19.8 Å². The molecule has 0 unspecified atom stereocenters. The van der Waals surface area contributed by atoms with Gasteiger partial charge in [-0.25, -0.2) is 0 Å². The monoisotopic (exact) mass is 296 g/mol. The van der Waals surface area contributed by atoms with E-state index in [0.29, 0.717) is 5.13 Å². The molecule has 2 N–H and O–H groups in total. The Morgan fingerprint density at radius 2 is 1.70 bits per heavy atom. The lowest BCUT2D eigenvalue weighted by Gasteiger charge is -2.20. The van der Waals surface area contributed by atoms with Crippen molar-refractivity contribution < 1.29 is 9.59 Å². The first-order valence-corrected chi connectivity index (χ1v) is 7.89. The zero-order valence-corrected chi connectivity index (χ0v) is 12.5. The number of hydrogen-bond donors (Lipinski definition) is 2. The first-order valence-electron chi connectivity index (χ1n) is 7.07. The lowest BCUT2D eigenvalue weighted by Crippen LogP contribution is -2.42. The molecule has 6 nitrogen and oxygen atoms in total. The molecule has 1 aromatic heterocycles. The summed E-state index contributed by atoms with van der Waals surface area (Å²) < 4.78 is 0. The molecular weight excluding hydrogens is 276 g/mol. The number of carbonyl (C=O) groups excluding carboxylic acids is 2. The minimum absolute atomic E-state index is 0.115. The van der Waals surface area contributed by atoms with Gasteiger partial charge in [-0.2, -0.15) is 0 Å². The van der Waals surface area contributed by atoms with Crippen LogP contribution in [0.4, 0.5) is 5.13 Å². The van der Waals surface area contributed by atoms with E-state index in [4.69, 9.17) is 0 Å². The Bertz CT molecular complexity index is 467. The van der Waals surface area contributed by atoms with Crippen molar-refractivity contribution in [1.29, 1.82) is 0 Å². The molecule has 0 aliphatic heterocycles. The predicted octanol–water partition coefficient (Wildman–Crippen LogP) is 2.01. The van der Waals surface area contributed by atoms with E-state index in [9.17, 15) is 9.59 Å². The van der Waals surface area contributed by atoms with E-state index in [1.807, 2.05) is 0 Å². The van der Waals surface area contributed by atoms with Gasteiger partial charge in [0.2, 0.25) is 5.13 Å². The first kappa shape index (κ1) is 14.9. The van der Waals surface area contributed by atoms with Crippen LogP contribution in [0.25, 0.3) is 0 Å². The van der Waals surface area contributed by atoms with E-state index in [-0.39, 0.29) is 6.04 Å². The number of rotatable bonds is 2. The fourth-order valence-electron chi connectivity index (χ4n) is 2.35. The lowest BCUT2D eigenvalue weighted by molar-refractivity contribution is -0.136. The van der Waals surface area contributed by atoms with Crippen molar-refractivity contribution in [3.05, 3.63) is 5.01 Å². The van der Waals surface area contributed by atoms with Gasteiger partial charge in [0.15, 0.2) is 0 Å². The Hall–Kier alpha value is -1.50. The molecule has 1 fully saturated rings. The van der Waals surface area contributed by atoms with Gasteiger partial charge in [0.25, 0.3) is 0 Å². The average molecular weight is 296 g/mol. The van der Waals surface area contributed by atoms with Crippen LogP contribution in [0.15, 0.2) is 0 Å². The van der Waals surface area contributed by atoms with Gasteiger partial charge < -0.3 is 5.32 Å². The molecular formula is C13H20N4O2S. The highest BCUT2D eigenvalue weighted by Crippen LogP contribution is 2.17. The maximum atomic E-state index is 11.9. The molecule has 2 rings (SSSR count). The van der Waals surface area contributed by atoms with E-state index in [1.165, 1.54) is 30.6 Å². The highest BCUT2D eigenvalue weighted by Gasteiger charge is 2.20. The summed E-state index contributed by atoms with van der Waals surface area (Å²) in [6, 6.07) is 0.115. The molecule has 0 aromatic carbocycles. The van der Waals surface area contributed by atoms with E-state index in [2.05, 4.69) is 20.8 Å². The Kier molecular flexibility index (Phi) is 5.46. The summed E-state index contributed by atoms with van der Waals surface area (Å²) in [6.07, 6.45) is 7.83. The third kappa shape index (κ3) is 4.56. The molecule has 0 spiro atoms. The molecule has 0 atom stereocenters. The molecule has 1 aliphatic carbocycles. The third-order valence-corrected chi connectivity index (χ3v) is 4.15. The van der Waals surface area contributed by atoms with Crippen molar-refractivity contribution in [2.75, 3.05) is 5.32 Å². The predicted molar refractivity (Wildman–Crippen MR) is 77.5 cm³/mol. The Labute approximate surface area is 122 Å². The number of aromatic nitrogens is 2. The van der Waals surface area contributed by atoms with Crippen molar-refractivity contribution in [3.63, 3.8) is 0 Å². The van der Waals surface area contributed by atoms with Crippen LogP contribution in [0.3, 0.4) is 0 Å². The highest BCUT2D eigenvalue weighted by atomic mass is 32.1. The van der Waals surface area contributed by atoms with Crippen molar-refractivity contribution >= 4 is 28.3 Å². The molecule has 0 bridgehead atoms. The third-order valence-electron chi connectivity index (χ3n) is 3.39. The summed E-state index contributed by atoms with van der Waals surface area (Å²) in [5, 5.41) is 14.0. The summed E-state index contributed by atoms with van der Waals surface area (Å²) in [6.45, 7) is 1.79. The molecule has 1 aliphatic rings. The normalized spacial score (nSPS) is 17.1. The van der Waals surface area contributed by atoms with Gasteiger partial charge >= 0.3 is 11.8 Å². The van der Waals surface area contributed by atoms with Crippen LogP contribution in [-0.4, -0.2) is 28.1 Å². The van der Waals surface area contributed by atoms with Gasteiger partial charge in [-0.3, -0.25) is 14.9 Å². The largest absolute Gasteiger partial charge is 0.345 e. The van der Waals surface area contributed by atoms with Crippen LogP contribution in [0.5, 0.6) is 0 Å². The number of aryl methyl sites for hydroxylation is 1. The van der Waals surface area contributed by atoms with Crippen LogP contribution >= 0.6 is 11.3 Å². The molecule has 0 saturated heterocycles. The van der Waals surface area contributed by atoms with Crippen LogP contribution in [-0.2, 0) is 9.59 Å². The Morgan fingerprint density at radius 1 is 1.05 bits per heavy atom.